The van der Waals surface area contributed by atoms with Crippen LogP contribution in [0.4, 0.5) is 0 Å². The first-order valence-electron chi connectivity index (χ1n) is 7.12. The number of aromatic nitrogens is 3. The quantitative estimate of drug-likeness (QED) is 0.822. The zero-order chi connectivity index (χ0) is 13.7. The minimum Gasteiger partial charge on any atom is -0.347 e. The minimum absolute atomic E-state index is 0.0586. The largest absolute Gasteiger partial charge is 0.347 e. The lowest BCUT2D eigenvalue weighted by molar-refractivity contribution is -0.124. The summed E-state index contributed by atoms with van der Waals surface area (Å²) >= 11 is 0. The van der Waals surface area contributed by atoms with Crippen LogP contribution in [0.1, 0.15) is 38.9 Å². The highest BCUT2D eigenvalue weighted by Gasteiger charge is 2.25. The van der Waals surface area contributed by atoms with Crippen LogP contribution in [0, 0.1) is 5.92 Å². The third-order valence-electron chi connectivity index (χ3n) is 3.86. The zero-order valence-corrected chi connectivity index (χ0v) is 11.7. The van der Waals surface area contributed by atoms with E-state index < -0.39 is 0 Å². The number of piperidine rings is 1. The van der Waals surface area contributed by atoms with E-state index >= 15 is 0 Å². The van der Waals surface area contributed by atoms with Crippen molar-refractivity contribution in [1.82, 2.24) is 25.4 Å². The van der Waals surface area contributed by atoms with Crippen molar-refractivity contribution < 1.29 is 4.79 Å². The molecule has 1 amide bonds. The van der Waals surface area contributed by atoms with E-state index in [1.54, 1.807) is 6.33 Å². The molecule has 1 aromatic rings. The monoisotopic (exact) mass is 265 g/mol. The molecule has 1 aromatic heterocycles. The lowest BCUT2D eigenvalue weighted by Gasteiger charge is -2.28. The number of carbonyl (C=O) groups is 1. The van der Waals surface area contributed by atoms with Gasteiger partial charge in [-0.1, -0.05) is 13.3 Å². The average molecular weight is 265 g/mol. The van der Waals surface area contributed by atoms with Gasteiger partial charge in [0.2, 0.25) is 5.91 Å². The second-order valence-electron chi connectivity index (χ2n) is 5.06. The first kappa shape index (κ1) is 14.0. The van der Waals surface area contributed by atoms with Crippen molar-refractivity contribution in [3.63, 3.8) is 0 Å². The highest BCUT2D eigenvalue weighted by atomic mass is 16.2. The molecule has 19 heavy (non-hydrogen) atoms. The van der Waals surface area contributed by atoms with E-state index in [2.05, 4.69) is 27.8 Å². The Morgan fingerprint density at radius 2 is 2.42 bits per heavy atom. The van der Waals surface area contributed by atoms with Gasteiger partial charge in [-0.25, -0.2) is 0 Å². The number of nitrogens with one attached hydrogen (secondary N) is 2. The molecule has 2 unspecified atom stereocenters. The average Bonchev–Trinajstić information content (AvgIpc) is 2.92. The summed E-state index contributed by atoms with van der Waals surface area (Å²) in [4.78, 5) is 12.1. The summed E-state index contributed by atoms with van der Waals surface area (Å²) in [5, 5.41) is 14.1. The second-order valence-corrected chi connectivity index (χ2v) is 5.06. The molecule has 0 bridgehead atoms. The molecule has 0 aliphatic carbocycles. The molecular formula is C13H23N5O. The summed E-state index contributed by atoms with van der Waals surface area (Å²) in [6.07, 6.45) is 4.94. The van der Waals surface area contributed by atoms with Gasteiger partial charge in [-0.2, -0.15) is 0 Å². The van der Waals surface area contributed by atoms with Gasteiger partial charge in [-0.3, -0.25) is 4.79 Å². The van der Waals surface area contributed by atoms with Gasteiger partial charge in [0.1, 0.15) is 6.33 Å². The fraction of sp³-hybridized carbons (Fsp3) is 0.769. The normalized spacial score (nSPS) is 23.3. The topological polar surface area (TPSA) is 71.8 Å². The lowest BCUT2D eigenvalue weighted by Crippen LogP contribution is -2.48. The summed E-state index contributed by atoms with van der Waals surface area (Å²) in [6.45, 7) is 6.42. The number of carbonyl (C=O) groups excluding carboxylic acids is 1. The van der Waals surface area contributed by atoms with Gasteiger partial charge in [0.25, 0.3) is 0 Å². The second kappa shape index (κ2) is 6.65. The maximum Gasteiger partial charge on any atom is 0.237 e. The summed E-state index contributed by atoms with van der Waals surface area (Å²) in [5.41, 5.74) is 0. The summed E-state index contributed by atoms with van der Waals surface area (Å²) in [7, 11) is 0. The molecule has 1 aliphatic heterocycles. The van der Waals surface area contributed by atoms with Crippen LogP contribution >= 0.6 is 0 Å². The van der Waals surface area contributed by atoms with Gasteiger partial charge in [0, 0.05) is 6.54 Å². The Kier molecular flexibility index (Phi) is 4.90. The third kappa shape index (κ3) is 3.53. The molecule has 0 aromatic carbocycles. The van der Waals surface area contributed by atoms with Crippen molar-refractivity contribution in [3.8, 4) is 0 Å². The molecule has 1 aliphatic rings. The molecule has 106 valence electrons. The molecule has 1 saturated heterocycles. The molecule has 6 nitrogen and oxygen atoms in total. The van der Waals surface area contributed by atoms with Crippen LogP contribution in [0.15, 0.2) is 6.33 Å². The fourth-order valence-electron chi connectivity index (χ4n) is 2.54. The number of nitrogens with zero attached hydrogens (tertiary/aromatic N) is 3. The van der Waals surface area contributed by atoms with Crippen molar-refractivity contribution in [2.24, 2.45) is 5.92 Å². The molecule has 0 saturated carbocycles. The van der Waals surface area contributed by atoms with E-state index in [0.717, 1.165) is 31.8 Å². The van der Waals surface area contributed by atoms with Crippen molar-refractivity contribution in [3.05, 3.63) is 12.2 Å². The Morgan fingerprint density at radius 3 is 3.16 bits per heavy atom. The Labute approximate surface area is 114 Å². The van der Waals surface area contributed by atoms with Crippen LogP contribution in [0.25, 0.3) is 0 Å². The van der Waals surface area contributed by atoms with E-state index in [9.17, 15) is 4.79 Å². The zero-order valence-electron chi connectivity index (χ0n) is 11.7. The molecule has 2 rings (SSSR count). The number of amides is 1. The first-order chi connectivity index (χ1) is 9.24. The van der Waals surface area contributed by atoms with E-state index in [-0.39, 0.29) is 11.9 Å². The molecule has 2 atom stereocenters. The Bertz CT molecular complexity index is 417. The number of rotatable bonds is 5. The molecular weight excluding hydrogens is 242 g/mol. The number of hydrogen-bond donors (Lipinski definition) is 2. The van der Waals surface area contributed by atoms with Gasteiger partial charge in [0.15, 0.2) is 5.82 Å². The van der Waals surface area contributed by atoms with Crippen molar-refractivity contribution in [2.75, 3.05) is 6.54 Å². The summed E-state index contributed by atoms with van der Waals surface area (Å²) in [5.74, 6) is 1.54. The number of aryl methyl sites for hydroxylation is 1. The van der Waals surface area contributed by atoms with E-state index in [1.165, 1.54) is 6.42 Å². The van der Waals surface area contributed by atoms with Crippen LogP contribution in [-0.4, -0.2) is 33.3 Å². The molecule has 2 N–H and O–H groups in total. The van der Waals surface area contributed by atoms with Crippen molar-refractivity contribution in [1.29, 1.82) is 0 Å². The Balaban J connectivity index is 1.84. The third-order valence-corrected chi connectivity index (χ3v) is 3.86. The maximum atomic E-state index is 12.1. The standard InChI is InChI=1S/C13H23N5O/c1-3-10-5-6-14-11(7-10)13(19)15-8-12-17-16-9-18(12)4-2/h9-11,14H,3-8H2,1-2H3,(H,15,19). The summed E-state index contributed by atoms with van der Waals surface area (Å²) in [6, 6.07) is -0.0586. The van der Waals surface area contributed by atoms with E-state index in [0.29, 0.717) is 12.5 Å². The predicted molar refractivity (Wildman–Crippen MR) is 72.3 cm³/mol. The molecule has 0 radical (unpaired) electrons. The van der Waals surface area contributed by atoms with Crippen molar-refractivity contribution in [2.45, 2.75) is 52.2 Å². The highest BCUT2D eigenvalue weighted by Crippen LogP contribution is 2.19. The van der Waals surface area contributed by atoms with E-state index in [1.807, 2.05) is 11.5 Å². The van der Waals surface area contributed by atoms with Gasteiger partial charge < -0.3 is 15.2 Å². The van der Waals surface area contributed by atoms with E-state index in [4.69, 9.17) is 0 Å². The minimum atomic E-state index is -0.0586. The molecule has 2 heterocycles. The van der Waals surface area contributed by atoms with Crippen LogP contribution in [0.3, 0.4) is 0 Å². The van der Waals surface area contributed by atoms with Gasteiger partial charge in [0.05, 0.1) is 12.6 Å². The molecule has 0 spiro atoms. The number of hydrogen-bond acceptors (Lipinski definition) is 4. The van der Waals surface area contributed by atoms with Gasteiger partial charge >= 0.3 is 0 Å². The lowest BCUT2D eigenvalue weighted by atomic mass is 9.90. The predicted octanol–water partition coefficient (Wildman–Crippen LogP) is 0.692. The van der Waals surface area contributed by atoms with Gasteiger partial charge in [-0.15, -0.1) is 10.2 Å². The Hall–Kier alpha value is -1.43. The summed E-state index contributed by atoms with van der Waals surface area (Å²) < 4.78 is 1.93. The van der Waals surface area contributed by atoms with Gasteiger partial charge in [-0.05, 0) is 32.2 Å². The van der Waals surface area contributed by atoms with Crippen LogP contribution in [0.5, 0.6) is 0 Å². The molecule has 6 heteroatoms. The smallest absolute Gasteiger partial charge is 0.237 e. The molecule has 1 fully saturated rings. The highest BCUT2D eigenvalue weighted by molar-refractivity contribution is 5.81. The first-order valence-corrected chi connectivity index (χ1v) is 7.12. The SMILES string of the molecule is CCC1CCNC(C(=O)NCc2nncn2CC)C1. The fourth-order valence-corrected chi connectivity index (χ4v) is 2.54. The maximum absolute atomic E-state index is 12.1. The van der Waals surface area contributed by atoms with Crippen LogP contribution < -0.4 is 10.6 Å². The van der Waals surface area contributed by atoms with Crippen molar-refractivity contribution >= 4 is 5.91 Å². The van der Waals surface area contributed by atoms with Crippen LogP contribution in [-0.2, 0) is 17.9 Å². The van der Waals surface area contributed by atoms with Crippen LogP contribution in [0.2, 0.25) is 0 Å². The Morgan fingerprint density at radius 1 is 1.58 bits per heavy atom.